The standard InChI is InChI=1S/C38H42BrN3O6S/c1-47-32-21-23-33(24-22-32)49(45,46)42(34-15-9-10-16-36(34)48-2)27-37(43)41(26-29-17-19-30(39)20-18-29)35(25-28-11-5-3-6-12-28)38(44)40-31-13-7-4-8-14-31/h3,5-6,9-12,15-24,31,35H,4,7-8,13-14,25-27H2,1-2H3,(H,40,44)/t35-/m0/s1. The molecule has 0 saturated heterocycles. The van der Waals surface area contributed by atoms with Crippen LogP contribution in [0.1, 0.15) is 43.2 Å². The predicted molar refractivity (Wildman–Crippen MR) is 194 cm³/mol. The minimum Gasteiger partial charge on any atom is -0.497 e. The van der Waals surface area contributed by atoms with Crippen molar-refractivity contribution in [3.05, 3.63) is 119 Å². The van der Waals surface area contributed by atoms with E-state index in [1.807, 2.05) is 54.6 Å². The third-order valence-electron chi connectivity index (χ3n) is 8.77. The number of sulfonamides is 1. The average Bonchev–Trinajstić information content (AvgIpc) is 3.13. The maximum atomic E-state index is 14.8. The van der Waals surface area contributed by atoms with Gasteiger partial charge < -0.3 is 19.7 Å². The van der Waals surface area contributed by atoms with E-state index < -0.39 is 28.5 Å². The van der Waals surface area contributed by atoms with Gasteiger partial charge in [-0.25, -0.2) is 8.42 Å². The van der Waals surface area contributed by atoms with Crippen LogP contribution < -0.4 is 19.1 Å². The van der Waals surface area contributed by atoms with E-state index in [9.17, 15) is 18.0 Å². The highest BCUT2D eigenvalue weighted by Gasteiger charge is 2.36. The summed E-state index contributed by atoms with van der Waals surface area (Å²) >= 11 is 3.48. The van der Waals surface area contributed by atoms with E-state index >= 15 is 0 Å². The van der Waals surface area contributed by atoms with Gasteiger partial charge >= 0.3 is 0 Å². The maximum absolute atomic E-state index is 14.8. The molecule has 258 valence electrons. The van der Waals surface area contributed by atoms with Gasteiger partial charge in [-0.05, 0) is 72.5 Å². The Kier molecular flexibility index (Phi) is 12.4. The zero-order valence-corrected chi connectivity index (χ0v) is 30.2. The molecule has 9 nitrogen and oxygen atoms in total. The number of hydrogen-bond acceptors (Lipinski definition) is 6. The number of benzene rings is 4. The average molecular weight is 749 g/mol. The van der Waals surface area contributed by atoms with Gasteiger partial charge in [0.1, 0.15) is 24.1 Å². The molecule has 0 spiro atoms. The van der Waals surface area contributed by atoms with E-state index in [4.69, 9.17) is 9.47 Å². The number of hydrogen-bond donors (Lipinski definition) is 1. The molecule has 0 heterocycles. The summed E-state index contributed by atoms with van der Waals surface area (Å²) < 4.78 is 41.5. The van der Waals surface area contributed by atoms with E-state index in [-0.39, 0.29) is 41.2 Å². The molecular formula is C38H42BrN3O6S. The van der Waals surface area contributed by atoms with Crippen molar-refractivity contribution in [1.82, 2.24) is 10.2 Å². The summed E-state index contributed by atoms with van der Waals surface area (Å²) in [5, 5.41) is 3.24. The first kappa shape index (κ1) is 35.9. The van der Waals surface area contributed by atoms with Crippen molar-refractivity contribution < 1.29 is 27.5 Å². The molecular weight excluding hydrogens is 706 g/mol. The number of amides is 2. The topological polar surface area (TPSA) is 105 Å². The molecule has 49 heavy (non-hydrogen) atoms. The van der Waals surface area contributed by atoms with Crippen LogP contribution in [0.5, 0.6) is 11.5 Å². The predicted octanol–water partition coefficient (Wildman–Crippen LogP) is 6.75. The number of methoxy groups -OCH3 is 2. The highest BCUT2D eigenvalue weighted by Crippen LogP contribution is 2.33. The molecule has 1 atom stereocenters. The zero-order chi connectivity index (χ0) is 34.8. The number of nitrogens with zero attached hydrogens (tertiary/aromatic N) is 2. The second-order valence-electron chi connectivity index (χ2n) is 12.1. The van der Waals surface area contributed by atoms with Crippen LogP contribution in [0.3, 0.4) is 0 Å². The Balaban J connectivity index is 1.58. The Morgan fingerprint density at radius 1 is 0.816 bits per heavy atom. The van der Waals surface area contributed by atoms with Gasteiger partial charge in [0.2, 0.25) is 11.8 Å². The molecule has 0 radical (unpaired) electrons. The molecule has 0 unspecified atom stereocenters. The van der Waals surface area contributed by atoms with Crippen LogP contribution in [-0.2, 0) is 32.6 Å². The van der Waals surface area contributed by atoms with Crippen LogP contribution in [0.4, 0.5) is 5.69 Å². The van der Waals surface area contributed by atoms with Crippen molar-refractivity contribution in [1.29, 1.82) is 0 Å². The molecule has 0 aromatic heterocycles. The monoisotopic (exact) mass is 747 g/mol. The second kappa shape index (κ2) is 16.8. The Hall–Kier alpha value is -4.35. The summed E-state index contributed by atoms with van der Waals surface area (Å²) in [4.78, 5) is 30.5. The number of nitrogens with one attached hydrogen (secondary N) is 1. The fraction of sp³-hybridized carbons (Fsp3) is 0.316. The van der Waals surface area contributed by atoms with Crippen molar-refractivity contribution >= 4 is 43.5 Å². The first-order chi connectivity index (χ1) is 23.7. The summed E-state index contributed by atoms with van der Waals surface area (Å²) in [5.74, 6) is -0.0244. The van der Waals surface area contributed by atoms with Gasteiger partial charge in [-0.3, -0.25) is 13.9 Å². The summed E-state index contributed by atoms with van der Waals surface area (Å²) in [6.07, 6.45) is 5.22. The second-order valence-corrected chi connectivity index (χ2v) is 14.8. The van der Waals surface area contributed by atoms with Crippen molar-refractivity contribution in [2.45, 2.75) is 62.0 Å². The molecule has 1 aliphatic rings. The molecule has 2 amide bonds. The molecule has 5 rings (SSSR count). The van der Waals surface area contributed by atoms with Gasteiger partial charge in [-0.15, -0.1) is 0 Å². The Bertz CT molecular complexity index is 1800. The highest BCUT2D eigenvalue weighted by atomic mass is 79.9. The van der Waals surface area contributed by atoms with E-state index in [1.54, 1.807) is 36.4 Å². The third kappa shape index (κ3) is 9.21. The minimum atomic E-state index is -4.30. The number of halogens is 1. The summed E-state index contributed by atoms with van der Waals surface area (Å²) in [6, 6.07) is 28.8. The fourth-order valence-corrected chi connectivity index (χ4v) is 7.80. The number of rotatable bonds is 14. The molecule has 11 heteroatoms. The SMILES string of the molecule is COc1ccc(S(=O)(=O)N(CC(=O)N(Cc2ccc(Br)cc2)[C@@H](Cc2ccccc2)C(=O)NC2CCCCC2)c2ccccc2OC)cc1. The van der Waals surface area contributed by atoms with Crippen molar-refractivity contribution in [3.63, 3.8) is 0 Å². The number of carbonyl (C=O) groups excluding carboxylic acids is 2. The van der Waals surface area contributed by atoms with Gasteiger partial charge in [-0.1, -0.05) is 89.8 Å². The molecule has 4 aromatic rings. The van der Waals surface area contributed by atoms with Gasteiger partial charge in [0.15, 0.2) is 0 Å². The lowest BCUT2D eigenvalue weighted by molar-refractivity contribution is -0.140. The number of para-hydroxylation sites is 2. The van der Waals surface area contributed by atoms with E-state index in [1.165, 1.54) is 31.3 Å². The molecule has 1 saturated carbocycles. The van der Waals surface area contributed by atoms with E-state index in [0.717, 1.165) is 52.0 Å². The minimum absolute atomic E-state index is 0.0182. The molecule has 0 bridgehead atoms. The van der Waals surface area contributed by atoms with Crippen molar-refractivity contribution in [2.75, 3.05) is 25.1 Å². The van der Waals surface area contributed by atoms with Crippen LogP contribution in [0.2, 0.25) is 0 Å². The van der Waals surface area contributed by atoms with E-state index in [0.29, 0.717) is 5.75 Å². The first-order valence-corrected chi connectivity index (χ1v) is 18.6. The van der Waals surface area contributed by atoms with Crippen molar-refractivity contribution in [3.8, 4) is 11.5 Å². The largest absolute Gasteiger partial charge is 0.497 e. The fourth-order valence-electron chi connectivity index (χ4n) is 6.11. The molecule has 1 fully saturated rings. The smallest absolute Gasteiger partial charge is 0.264 e. The number of anilines is 1. The van der Waals surface area contributed by atoms with Crippen LogP contribution in [0.15, 0.2) is 112 Å². The summed E-state index contributed by atoms with van der Waals surface area (Å²) in [7, 11) is -1.35. The van der Waals surface area contributed by atoms with Gasteiger partial charge in [-0.2, -0.15) is 0 Å². The molecule has 0 aliphatic heterocycles. The zero-order valence-electron chi connectivity index (χ0n) is 27.8. The molecule has 1 N–H and O–H groups in total. The lowest BCUT2D eigenvalue weighted by Crippen LogP contribution is -2.55. The van der Waals surface area contributed by atoms with Crippen LogP contribution >= 0.6 is 15.9 Å². The summed E-state index contributed by atoms with van der Waals surface area (Å²) in [6.45, 7) is -0.489. The molecule has 4 aromatic carbocycles. The third-order valence-corrected chi connectivity index (χ3v) is 11.1. The van der Waals surface area contributed by atoms with Crippen molar-refractivity contribution in [2.24, 2.45) is 0 Å². The normalized spacial score (nSPS) is 14.0. The Morgan fingerprint density at radius 2 is 1.47 bits per heavy atom. The lowest BCUT2D eigenvalue weighted by Gasteiger charge is -2.35. The van der Waals surface area contributed by atoms with Gasteiger partial charge in [0.05, 0.1) is 24.8 Å². The van der Waals surface area contributed by atoms with Gasteiger partial charge in [0, 0.05) is 23.5 Å². The van der Waals surface area contributed by atoms with Gasteiger partial charge in [0.25, 0.3) is 10.0 Å². The Labute approximate surface area is 297 Å². The maximum Gasteiger partial charge on any atom is 0.264 e. The first-order valence-electron chi connectivity index (χ1n) is 16.4. The quantitative estimate of drug-likeness (QED) is 0.153. The molecule has 1 aliphatic carbocycles. The van der Waals surface area contributed by atoms with Crippen LogP contribution in [-0.4, -0.2) is 58.0 Å². The Morgan fingerprint density at radius 3 is 2.12 bits per heavy atom. The number of ether oxygens (including phenoxy) is 2. The number of carbonyl (C=O) groups is 2. The van der Waals surface area contributed by atoms with E-state index in [2.05, 4.69) is 21.2 Å². The summed E-state index contributed by atoms with van der Waals surface area (Å²) in [5.41, 5.74) is 1.87. The van der Waals surface area contributed by atoms with Crippen LogP contribution in [0, 0.1) is 0 Å². The highest BCUT2D eigenvalue weighted by molar-refractivity contribution is 9.10. The lowest BCUT2D eigenvalue weighted by atomic mass is 9.94. The van der Waals surface area contributed by atoms with Crippen LogP contribution in [0.25, 0.3) is 0 Å².